The minimum atomic E-state index is -0.765. The van der Waals surface area contributed by atoms with E-state index in [0.29, 0.717) is 17.3 Å². The summed E-state index contributed by atoms with van der Waals surface area (Å²) in [7, 11) is 0. The van der Waals surface area contributed by atoms with E-state index in [0.717, 1.165) is 44.1 Å². The molecule has 2 fully saturated rings. The molecule has 5 nitrogen and oxygen atoms in total. The van der Waals surface area contributed by atoms with E-state index in [1.165, 1.54) is 0 Å². The highest BCUT2D eigenvalue weighted by molar-refractivity contribution is 6.01. The van der Waals surface area contributed by atoms with Gasteiger partial charge in [-0.2, -0.15) is 0 Å². The first-order chi connectivity index (χ1) is 10.5. The fourth-order valence-corrected chi connectivity index (χ4v) is 2.87. The van der Waals surface area contributed by atoms with E-state index in [1.54, 1.807) is 12.1 Å². The number of anilines is 1. The SMILES string of the molecule is Cc1ccc(C(=O)NC2CC2)cc1NC(=O)C1(N)CCCC1. The van der Waals surface area contributed by atoms with Crippen molar-refractivity contribution < 1.29 is 9.59 Å². The van der Waals surface area contributed by atoms with Gasteiger partial charge in [-0.25, -0.2) is 0 Å². The lowest BCUT2D eigenvalue weighted by atomic mass is 9.97. The number of rotatable bonds is 4. The van der Waals surface area contributed by atoms with Crippen LogP contribution in [0.5, 0.6) is 0 Å². The molecule has 2 aliphatic carbocycles. The van der Waals surface area contributed by atoms with Gasteiger partial charge in [-0.3, -0.25) is 9.59 Å². The second-order valence-corrected chi connectivity index (χ2v) is 6.59. The Morgan fingerprint density at radius 3 is 2.55 bits per heavy atom. The number of nitrogens with one attached hydrogen (secondary N) is 2. The van der Waals surface area contributed by atoms with Gasteiger partial charge in [0.1, 0.15) is 0 Å². The van der Waals surface area contributed by atoms with Gasteiger partial charge in [0.05, 0.1) is 5.54 Å². The number of hydrogen-bond donors (Lipinski definition) is 3. The van der Waals surface area contributed by atoms with Gasteiger partial charge in [0, 0.05) is 17.3 Å². The molecule has 4 N–H and O–H groups in total. The molecule has 0 atom stereocenters. The molecule has 22 heavy (non-hydrogen) atoms. The van der Waals surface area contributed by atoms with E-state index in [4.69, 9.17) is 5.73 Å². The molecule has 118 valence electrons. The summed E-state index contributed by atoms with van der Waals surface area (Å²) < 4.78 is 0. The molecule has 0 saturated heterocycles. The summed E-state index contributed by atoms with van der Waals surface area (Å²) in [5.41, 5.74) is 7.59. The van der Waals surface area contributed by atoms with Crippen molar-refractivity contribution in [3.63, 3.8) is 0 Å². The Kier molecular flexibility index (Phi) is 3.91. The van der Waals surface area contributed by atoms with Gasteiger partial charge in [-0.1, -0.05) is 18.9 Å². The van der Waals surface area contributed by atoms with Gasteiger partial charge in [0.15, 0.2) is 0 Å². The predicted molar refractivity (Wildman–Crippen MR) is 85.7 cm³/mol. The molecule has 0 aliphatic heterocycles. The predicted octanol–water partition coefficient (Wildman–Crippen LogP) is 2.10. The zero-order valence-electron chi connectivity index (χ0n) is 12.9. The molecule has 1 aromatic carbocycles. The number of nitrogens with two attached hydrogens (primary N) is 1. The molecule has 0 spiro atoms. The van der Waals surface area contributed by atoms with Gasteiger partial charge >= 0.3 is 0 Å². The number of benzene rings is 1. The van der Waals surface area contributed by atoms with Crippen LogP contribution >= 0.6 is 0 Å². The summed E-state index contributed by atoms with van der Waals surface area (Å²) in [4.78, 5) is 24.5. The summed E-state index contributed by atoms with van der Waals surface area (Å²) in [6.07, 6.45) is 5.53. The molecule has 2 saturated carbocycles. The minimum absolute atomic E-state index is 0.0821. The van der Waals surface area contributed by atoms with Crippen molar-refractivity contribution in [1.29, 1.82) is 0 Å². The summed E-state index contributed by atoms with van der Waals surface area (Å²) in [6.45, 7) is 1.91. The zero-order valence-corrected chi connectivity index (χ0v) is 12.9. The van der Waals surface area contributed by atoms with Crippen LogP contribution in [-0.2, 0) is 4.79 Å². The average molecular weight is 301 g/mol. The Balaban J connectivity index is 1.74. The van der Waals surface area contributed by atoms with Gasteiger partial charge in [0.25, 0.3) is 5.91 Å². The van der Waals surface area contributed by atoms with Gasteiger partial charge in [-0.15, -0.1) is 0 Å². The van der Waals surface area contributed by atoms with Gasteiger partial charge < -0.3 is 16.4 Å². The fraction of sp³-hybridized carbons (Fsp3) is 0.529. The fourth-order valence-electron chi connectivity index (χ4n) is 2.87. The monoisotopic (exact) mass is 301 g/mol. The third-order valence-electron chi connectivity index (χ3n) is 4.61. The molecular formula is C17H23N3O2. The smallest absolute Gasteiger partial charge is 0.251 e. The lowest BCUT2D eigenvalue weighted by Gasteiger charge is -2.23. The van der Waals surface area contributed by atoms with E-state index in [9.17, 15) is 9.59 Å². The summed E-state index contributed by atoms with van der Waals surface area (Å²) in [6, 6.07) is 5.70. The molecule has 1 aromatic rings. The van der Waals surface area contributed by atoms with E-state index in [2.05, 4.69) is 10.6 Å². The second kappa shape index (κ2) is 5.72. The molecule has 0 bridgehead atoms. The zero-order chi connectivity index (χ0) is 15.7. The topological polar surface area (TPSA) is 84.2 Å². The maximum Gasteiger partial charge on any atom is 0.251 e. The Morgan fingerprint density at radius 1 is 1.23 bits per heavy atom. The van der Waals surface area contributed by atoms with Crippen LogP contribution in [-0.4, -0.2) is 23.4 Å². The molecule has 0 unspecified atom stereocenters. The quantitative estimate of drug-likeness (QED) is 0.796. The summed E-state index contributed by atoms with van der Waals surface area (Å²) in [5.74, 6) is -0.228. The number of carbonyl (C=O) groups is 2. The number of amides is 2. The normalized spacial score (nSPS) is 19.7. The first-order valence-corrected chi connectivity index (χ1v) is 8.00. The molecule has 2 amide bonds. The Labute approximate surface area is 130 Å². The Hall–Kier alpha value is -1.88. The first-order valence-electron chi connectivity index (χ1n) is 8.00. The van der Waals surface area contributed by atoms with Crippen LogP contribution < -0.4 is 16.4 Å². The van der Waals surface area contributed by atoms with Crippen LogP contribution in [0.2, 0.25) is 0 Å². The number of carbonyl (C=O) groups excluding carboxylic acids is 2. The molecule has 2 aliphatic rings. The van der Waals surface area contributed by atoms with Crippen molar-refractivity contribution >= 4 is 17.5 Å². The molecule has 3 rings (SSSR count). The van der Waals surface area contributed by atoms with Crippen molar-refractivity contribution in [3.8, 4) is 0 Å². The third-order valence-corrected chi connectivity index (χ3v) is 4.61. The van der Waals surface area contributed by atoms with Crippen LogP contribution in [0.25, 0.3) is 0 Å². The van der Waals surface area contributed by atoms with E-state index < -0.39 is 5.54 Å². The summed E-state index contributed by atoms with van der Waals surface area (Å²) >= 11 is 0. The summed E-state index contributed by atoms with van der Waals surface area (Å²) in [5, 5.41) is 5.87. The van der Waals surface area contributed by atoms with Crippen molar-refractivity contribution in [2.75, 3.05) is 5.32 Å². The average Bonchev–Trinajstić information content (AvgIpc) is 3.19. The van der Waals surface area contributed by atoms with Crippen molar-refractivity contribution in [2.24, 2.45) is 5.73 Å². The highest BCUT2D eigenvalue weighted by Crippen LogP contribution is 2.29. The molecule has 0 heterocycles. The van der Waals surface area contributed by atoms with Crippen LogP contribution in [0, 0.1) is 6.92 Å². The number of aryl methyl sites for hydroxylation is 1. The first kappa shape index (κ1) is 15.0. The van der Waals surface area contributed by atoms with Crippen molar-refractivity contribution in [3.05, 3.63) is 29.3 Å². The van der Waals surface area contributed by atoms with Gasteiger partial charge in [0.2, 0.25) is 5.91 Å². The highest BCUT2D eigenvalue weighted by atomic mass is 16.2. The standard InChI is InChI=1S/C17H23N3O2/c1-11-4-5-12(15(21)19-13-6-7-13)10-14(11)20-16(22)17(18)8-2-3-9-17/h4-5,10,13H,2-3,6-9,18H2,1H3,(H,19,21)(H,20,22). The van der Waals surface area contributed by atoms with Crippen LogP contribution in [0.3, 0.4) is 0 Å². The molecule has 5 heteroatoms. The molecular weight excluding hydrogens is 278 g/mol. The lowest BCUT2D eigenvalue weighted by molar-refractivity contribution is -0.121. The Bertz CT molecular complexity index is 602. The molecule has 0 aromatic heterocycles. The number of hydrogen-bond acceptors (Lipinski definition) is 3. The lowest BCUT2D eigenvalue weighted by Crippen LogP contribution is -2.48. The highest BCUT2D eigenvalue weighted by Gasteiger charge is 2.37. The maximum atomic E-state index is 12.4. The minimum Gasteiger partial charge on any atom is -0.349 e. The van der Waals surface area contributed by atoms with Crippen LogP contribution in [0.15, 0.2) is 18.2 Å². The van der Waals surface area contributed by atoms with Crippen LogP contribution in [0.1, 0.15) is 54.4 Å². The second-order valence-electron chi connectivity index (χ2n) is 6.59. The van der Waals surface area contributed by atoms with Crippen molar-refractivity contribution in [1.82, 2.24) is 5.32 Å². The van der Waals surface area contributed by atoms with E-state index in [1.807, 2.05) is 13.0 Å². The van der Waals surface area contributed by atoms with Crippen molar-refractivity contribution in [2.45, 2.75) is 57.0 Å². The van der Waals surface area contributed by atoms with E-state index in [-0.39, 0.29) is 11.8 Å². The van der Waals surface area contributed by atoms with Crippen LogP contribution in [0.4, 0.5) is 5.69 Å². The largest absolute Gasteiger partial charge is 0.349 e. The maximum absolute atomic E-state index is 12.4. The van der Waals surface area contributed by atoms with E-state index >= 15 is 0 Å². The third kappa shape index (κ3) is 3.14. The molecule has 0 radical (unpaired) electrons. The Morgan fingerprint density at radius 2 is 1.91 bits per heavy atom. The van der Waals surface area contributed by atoms with Gasteiger partial charge in [-0.05, 0) is 50.3 Å².